The molecule has 3 N–H and O–H groups in total. The van der Waals surface area contributed by atoms with E-state index in [4.69, 9.17) is 4.74 Å². The molecule has 0 aromatic rings. The Bertz CT molecular complexity index is 300. The highest BCUT2D eigenvalue weighted by Crippen LogP contribution is 2.15. The minimum Gasteiger partial charge on any atom is -0.396 e. The SMILES string of the molecule is CCNC(=NCC(CCO)CC(C)C)NCCOCCC(C)C.I. The average molecular weight is 457 g/mol. The second kappa shape index (κ2) is 17.7. The van der Waals surface area contributed by atoms with Crippen LogP contribution >= 0.6 is 24.0 Å². The molecule has 0 aromatic heterocycles. The highest BCUT2D eigenvalue weighted by atomic mass is 127. The summed E-state index contributed by atoms with van der Waals surface area (Å²) in [7, 11) is 0. The Morgan fingerprint density at radius 3 is 2.29 bits per heavy atom. The first-order chi connectivity index (χ1) is 11.0. The monoisotopic (exact) mass is 457 g/mol. The predicted octanol–water partition coefficient (Wildman–Crippen LogP) is 3.27. The highest BCUT2D eigenvalue weighted by Gasteiger charge is 2.10. The predicted molar refractivity (Wildman–Crippen MR) is 114 cm³/mol. The van der Waals surface area contributed by atoms with Crippen LogP contribution in [0, 0.1) is 17.8 Å². The largest absolute Gasteiger partial charge is 0.396 e. The first-order valence-corrected chi connectivity index (χ1v) is 9.20. The van der Waals surface area contributed by atoms with Gasteiger partial charge in [0.2, 0.25) is 0 Å². The van der Waals surface area contributed by atoms with Gasteiger partial charge < -0.3 is 20.5 Å². The summed E-state index contributed by atoms with van der Waals surface area (Å²) in [5.74, 6) is 2.60. The van der Waals surface area contributed by atoms with Crippen molar-refractivity contribution < 1.29 is 9.84 Å². The van der Waals surface area contributed by atoms with E-state index in [1.165, 1.54) is 0 Å². The summed E-state index contributed by atoms with van der Waals surface area (Å²) in [5, 5.41) is 15.8. The van der Waals surface area contributed by atoms with Crippen LogP contribution in [0.2, 0.25) is 0 Å². The number of aliphatic hydroxyl groups is 1. The van der Waals surface area contributed by atoms with E-state index in [9.17, 15) is 5.11 Å². The van der Waals surface area contributed by atoms with Crippen LogP contribution in [-0.2, 0) is 4.74 Å². The third-order valence-electron chi connectivity index (χ3n) is 3.57. The third kappa shape index (κ3) is 16.8. The maximum atomic E-state index is 9.18. The van der Waals surface area contributed by atoms with E-state index < -0.39 is 0 Å². The number of nitrogens with one attached hydrogen (secondary N) is 2. The van der Waals surface area contributed by atoms with E-state index in [1.807, 2.05) is 0 Å². The number of aliphatic imine (C=N–C) groups is 1. The van der Waals surface area contributed by atoms with Crippen molar-refractivity contribution in [3.63, 3.8) is 0 Å². The van der Waals surface area contributed by atoms with Crippen molar-refractivity contribution in [3.05, 3.63) is 0 Å². The van der Waals surface area contributed by atoms with Gasteiger partial charge in [0.25, 0.3) is 0 Å². The molecule has 0 rings (SSSR count). The third-order valence-corrected chi connectivity index (χ3v) is 3.57. The molecule has 1 atom stereocenters. The number of hydrogen-bond acceptors (Lipinski definition) is 3. The maximum Gasteiger partial charge on any atom is 0.191 e. The van der Waals surface area contributed by atoms with Gasteiger partial charge in [-0.25, -0.2) is 0 Å². The molecule has 0 aliphatic rings. The van der Waals surface area contributed by atoms with Gasteiger partial charge in [-0.3, -0.25) is 4.99 Å². The molecular weight excluding hydrogens is 417 g/mol. The van der Waals surface area contributed by atoms with Gasteiger partial charge >= 0.3 is 0 Å². The van der Waals surface area contributed by atoms with Crippen LogP contribution in [0.1, 0.15) is 53.9 Å². The molecule has 0 aromatic carbocycles. The van der Waals surface area contributed by atoms with E-state index >= 15 is 0 Å². The van der Waals surface area contributed by atoms with Crippen molar-refractivity contribution in [1.29, 1.82) is 0 Å². The number of nitrogens with zero attached hydrogens (tertiary/aromatic N) is 1. The molecule has 24 heavy (non-hydrogen) atoms. The average Bonchev–Trinajstić information content (AvgIpc) is 2.47. The van der Waals surface area contributed by atoms with Gasteiger partial charge in [-0.05, 0) is 43.9 Å². The Kier molecular flexibility index (Phi) is 19.3. The van der Waals surface area contributed by atoms with Gasteiger partial charge in [0.15, 0.2) is 5.96 Å². The lowest BCUT2D eigenvalue weighted by Crippen LogP contribution is -2.39. The number of ether oxygens (including phenoxy) is 1. The zero-order chi connectivity index (χ0) is 17.5. The lowest BCUT2D eigenvalue weighted by Gasteiger charge is -2.17. The highest BCUT2D eigenvalue weighted by molar-refractivity contribution is 14.0. The Morgan fingerprint density at radius 1 is 1.04 bits per heavy atom. The molecule has 0 aliphatic carbocycles. The van der Waals surface area contributed by atoms with Crippen molar-refractivity contribution in [2.45, 2.75) is 53.9 Å². The zero-order valence-electron chi connectivity index (χ0n) is 16.3. The van der Waals surface area contributed by atoms with E-state index in [-0.39, 0.29) is 30.6 Å². The molecule has 0 spiro atoms. The van der Waals surface area contributed by atoms with E-state index in [0.29, 0.717) is 24.4 Å². The van der Waals surface area contributed by atoms with Crippen molar-refractivity contribution in [2.24, 2.45) is 22.7 Å². The van der Waals surface area contributed by atoms with Crippen molar-refractivity contribution in [1.82, 2.24) is 10.6 Å². The van der Waals surface area contributed by atoms with Crippen LogP contribution in [0.3, 0.4) is 0 Å². The van der Waals surface area contributed by atoms with Gasteiger partial charge in [0.1, 0.15) is 0 Å². The van der Waals surface area contributed by atoms with Crippen LogP contribution in [0.5, 0.6) is 0 Å². The van der Waals surface area contributed by atoms with E-state index in [1.54, 1.807) is 0 Å². The lowest BCUT2D eigenvalue weighted by molar-refractivity contribution is 0.128. The van der Waals surface area contributed by atoms with Gasteiger partial charge in [-0.1, -0.05) is 27.7 Å². The molecule has 5 nitrogen and oxygen atoms in total. The molecule has 0 saturated carbocycles. The van der Waals surface area contributed by atoms with Crippen LogP contribution in [0.4, 0.5) is 0 Å². The van der Waals surface area contributed by atoms with Crippen molar-refractivity contribution in [2.75, 3.05) is 39.5 Å². The normalized spacial score (nSPS) is 13.1. The van der Waals surface area contributed by atoms with Gasteiger partial charge in [-0.2, -0.15) is 0 Å². The topological polar surface area (TPSA) is 65.9 Å². The summed E-state index contributed by atoms with van der Waals surface area (Å²) >= 11 is 0. The van der Waals surface area contributed by atoms with Crippen molar-refractivity contribution >= 4 is 29.9 Å². The molecule has 146 valence electrons. The zero-order valence-corrected chi connectivity index (χ0v) is 18.6. The van der Waals surface area contributed by atoms with Crippen LogP contribution in [-0.4, -0.2) is 50.5 Å². The minimum atomic E-state index is 0. The summed E-state index contributed by atoms with van der Waals surface area (Å²) in [6.07, 6.45) is 3.02. The molecule has 0 heterocycles. The first kappa shape index (κ1) is 26.2. The van der Waals surface area contributed by atoms with Gasteiger partial charge in [0, 0.05) is 32.8 Å². The fourth-order valence-electron chi connectivity index (χ4n) is 2.36. The molecular formula is C18H40IN3O2. The number of rotatable bonds is 13. The van der Waals surface area contributed by atoms with Crippen LogP contribution < -0.4 is 10.6 Å². The second-order valence-electron chi connectivity index (χ2n) is 6.95. The molecule has 0 aliphatic heterocycles. The van der Waals surface area contributed by atoms with Crippen LogP contribution in [0.15, 0.2) is 4.99 Å². The van der Waals surface area contributed by atoms with Gasteiger partial charge in [0.05, 0.1) is 6.61 Å². The molecule has 1 unspecified atom stereocenters. The fourth-order valence-corrected chi connectivity index (χ4v) is 2.36. The molecule has 0 fully saturated rings. The van der Waals surface area contributed by atoms with Gasteiger partial charge in [-0.15, -0.1) is 24.0 Å². The Hall–Kier alpha value is -0.0800. The first-order valence-electron chi connectivity index (χ1n) is 9.20. The van der Waals surface area contributed by atoms with Crippen molar-refractivity contribution in [3.8, 4) is 0 Å². The Labute approximate surface area is 166 Å². The number of halogens is 1. The quantitative estimate of drug-likeness (QED) is 0.172. The summed E-state index contributed by atoms with van der Waals surface area (Å²) in [5.41, 5.74) is 0. The maximum absolute atomic E-state index is 9.18. The summed E-state index contributed by atoms with van der Waals surface area (Å²) in [4.78, 5) is 4.66. The van der Waals surface area contributed by atoms with Crippen LogP contribution in [0.25, 0.3) is 0 Å². The molecule has 6 heteroatoms. The summed E-state index contributed by atoms with van der Waals surface area (Å²) in [6, 6.07) is 0. The molecule has 0 bridgehead atoms. The summed E-state index contributed by atoms with van der Waals surface area (Å²) < 4.78 is 5.61. The molecule has 0 amide bonds. The Balaban J connectivity index is 0. The smallest absolute Gasteiger partial charge is 0.191 e. The Morgan fingerprint density at radius 2 is 1.75 bits per heavy atom. The van der Waals surface area contributed by atoms with E-state index in [2.05, 4.69) is 50.2 Å². The molecule has 0 radical (unpaired) electrons. The second-order valence-corrected chi connectivity index (χ2v) is 6.95. The number of aliphatic hydroxyl groups excluding tert-OH is 1. The number of hydrogen-bond donors (Lipinski definition) is 3. The lowest BCUT2D eigenvalue weighted by atomic mass is 9.94. The number of guanidine groups is 1. The minimum absolute atomic E-state index is 0. The van der Waals surface area contributed by atoms with E-state index in [0.717, 1.165) is 51.5 Å². The summed E-state index contributed by atoms with van der Waals surface area (Å²) in [6.45, 7) is 15.0. The fraction of sp³-hybridized carbons (Fsp3) is 0.944. The molecule has 0 saturated heterocycles. The standard InChI is InChI=1S/C18H39N3O2.HI/c1-6-19-18(20-9-12-23-11-8-15(2)3)21-14-17(7-10-22)13-16(4)5;/h15-17,22H,6-14H2,1-5H3,(H2,19,20,21);1H.